The molecule has 0 saturated carbocycles. The average molecular weight is 325 g/mol. The summed E-state index contributed by atoms with van der Waals surface area (Å²) in [4.78, 5) is 12.2. The summed E-state index contributed by atoms with van der Waals surface area (Å²) in [7, 11) is 1.63. The van der Waals surface area contributed by atoms with E-state index in [0.717, 1.165) is 23.4 Å². The second-order valence-corrected chi connectivity index (χ2v) is 6.01. The monoisotopic (exact) mass is 325 g/mol. The van der Waals surface area contributed by atoms with Gasteiger partial charge in [0.1, 0.15) is 11.4 Å². The van der Waals surface area contributed by atoms with E-state index in [-0.39, 0.29) is 5.91 Å². The minimum Gasteiger partial charge on any atom is -0.497 e. The predicted octanol–water partition coefficient (Wildman–Crippen LogP) is 3.71. The number of allylic oxidation sites excluding steroid dienone is 1. The van der Waals surface area contributed by atoms with Gasteiger partial charge in [-0.2, -0.15) is 5.10 Å². The predicted molar refractivity (Wildman–Crippen MR) is 94.1 cm³/mol. The van der Waals surface area contributed by atoms with Gasteiger partial charge in [-0.1, -0.05) is 23.8 Å². The number of ether oxygens (including phenoxy) is 1. The number of benzene rings is 1. The van der Waals surface area contributed by atoms with E-state index in [1.807, 2.05) is 24.3 Å². The summed E-state index contributed by atoms with van der Waals surface area (Å²) in [5.41, 5.74) is 3.58. The molecule has 2 aromatic rings. The normalized spacial score (nSPS) is 14.1. The maximum Gasteiger partial charge on any atom is 0.269 e. The number of carbonyl (C=O) groups excluding carboxylic acids is 1. The maximum atomic E-state index is 12.2. The van der Waals surface area contributed by atoms with Crippen molar-refractivity contribution < 1.29 is 9.53 Å². The maximum absolute atomic E-state index is 12.2. The molecule has 0 fully saturated rings. The third-order valence-corrected chi connectivity index (χ3v) is 4.30. The van der Waals surface area contributed by atoms with Crippen molar-refractivity contribution in [3.8, 4) is 17.0 Å². The topological polar surface area (TPSA) is 67.0 Å². The Hall–Kier alpha value is -2.56. The Morgan fingerprint density at radius 1 is 1.33 bits per heavy atom. The third-order valence-electron chi connectivity index (χ3n) is 4.30. The molecule has 2 N–H and O–H groups in total. The lowest BCUT2D eigenvalue weighted by atomic mass is 9.97. The van der Waals surface area contributed by atoms with Gasteiger partial charge in [0.05, 0.1) is 12.8 Å². The Morgan fingerprint density at radius 2 is 2.25 bits per heavy atom. The van der Waals surface area contributed by atoms with Crippen LogP contribution in [0.5, 0.6) is 5.75 Å². The zero-order valence-electron chi connectivity index (χ0n) is 14.0. The van der Waals surface area contributed by atoms with Gasteiger partial charge in [0.2, 0.25) is 0 Å². The molecule has 5 nitrogen and oxygen atoms in total. The lowest BCUT2D eigenvalue weighted by molar-refractivity contribution is 0.0949. The molecular formula is C19H23N3O2. The largest absolute Gasteiger partial charge is 0.497 e. The highest BCUT2D eigenvalue weighted by atomic mass is 16.5. The molecule has 3 rings (SSSR count). The van der Waals surface area contributed by atoms with Crippen molar-refractivity contribution in [3.63, 3.8) is 0 Å². The second-order valence-electron chi connectivity index (χ2n) is 6.01. The number of rotatable bonds is 6. The molecule has 24 heavy (non-hydrogen) atoms. The summed E-state index contributed by atoms with van der Waals surface area (Å²) in [6.45, 7) is 0.665. The fraction of sp³-hybridized carbons (Fsp3) is 0.368. The van der Waals surface area contributed by atoms with Crippen LogP contribution in [0.3, 0.4) is 0 Å². The Labute approximate surface area is 142 Å². The second kappa shape index (κ2) is 7.81. The first-order chi connectivity index (χ1) is 11.8. The molecule has 1 aromatic carbocycles. The number of methoxy groups -OCH3 is 1. The first-order valence-corrected chi connectivity index (χ1v) is 8.42. The number of aromatic amines is 1. The van der Waals surface area contributed by atoms with Gasteiger partial charge in [-0.15, -0.1) is 0 Å². The van der Waals surface area contributed by atoms with E-state index < -0.39 is 0 Å². The Balaban J connectivity index is 1.58. The number of H-pyrrole nitrogens is 1. The molecule has 1 amide bonds. The van der Waals surface area contributed by atoms with Crippen LogP contribution in [0.4, 0.5) is 0 Å². The van der Waals surface area contributed by atoms with Crippen LogP contribution >= 0.6 is 0 Å². The smallest absolute Gasteiger partial charge is 0.269 e. The minimum absolute atomic E-state index is 0.118. The fourth-order valence-electron chi connectivity index (χ4n) is 2.93. The Morgan fingerprint density at radius 3 is 3.04 bits per heavy atom. The molecular weight excluding hydrogens is 302 g/mol. The standard InChI is InChI=1S/C19H23N3O2/c1-24-16-9-5-8-15(12-16)17-13-18(22-21-17)19(23)20-11-10-14-6-3-2-4-7-14/h5-6,8-9,12-13H,2-4,7,10-11H2,1H3,(H,20,23)(H,21,22). The molecule has 0 bridgehead atoms. The molecule has 0 unspecified atom stereocenters. The molecule has 0 radical (unpaired) electrons. The third kappa shape index (κ3) is 4.04. The van der Waals surface area contributed by atoms with Crippen LogP contribution in [0.15, 0.2) is 42.0 Å². The summed E-state index contributed by atoms with van der Waals surface area (Å²) in [5, 5.41) is 10.00. The summed E-state index contributed by atoms with van der Waals surface area (Å²) in [6.07, 6.45) is 8.14. The van der Waals surface area contributed by atoms with E-state index >= 15 is 0 Å². The van der Waals surface area contributed by atoms with Crippen molar-refractivity contribution in [1.82, 2.24) is 15.5 Å². The van der Waals surface area contributed by atoms with Gasteiger partial charge in [-0.05, 0) is 50.3 Å². The number of hydrogen-bond acceptors (Lipinski definition) is 3. The molecule has 1 heterocycles. The highest BCUT2D eigenvalue weighted by Gasteiger charge is 2.11. The van der Waals surface area contributed by atoms with Gasteiger partial charge < -0.3 is 10.1 Å². The van der Waals surface area contributed by atoms with E-state index in [9.17, 15) is 4.79 Å². The zero-order valence-corrected chi connectivity index (χ0v) is 14.0. The number of amides is 1. The molecule has 5 heteroatoms. The van der Waals surface area contributed by atoms with Gasteiger partial charge in [0.15, 0.2) is 0 Å². The van der Waals surface area contributed by atoms with Gasteiger partial charge in [-0.25, -0.2) is 0 Å². The van der Waals surface area contributed by atoms with Gasteiger partial charge >= 0.3 is 0 Å². The lowest BCUT2D eigenvalue weighted by Crippen LogP contribution is -2.25. The van der Waals surface area contributed by atoms with Crippen LogP contribution in [-0.4, -0.2) is 29.8 Å². The number of nitrogens with zero attached hydrogens (tertiary/aromatic N) is 1. The van der Waals surface area contributed by atoms with Crippen molar-refractivity contribution in [2.75, 3.05) is 13.7 Å². The number of hydrogen-bond donors (Lipinski definition) is 2. The number of aromatic nitrogens is 2. The van der Waals surface area contributed by atoms with Crippen LogP contribution < -0.4 is 10.1 Å². The highest BCUT2D eigenvalue weighted by Crippen LogP contribution is 2.22. The lowest BCUT2D eigenvalue weighted by Gasteiger charge is -2.12. The van der Waals surface area contributed by atoms with Gasteiger partial charge in [-0.3, -0.25) is 9.89 Å². The molecule has 1 aromatic heterocycles. The number of carbonyl (C=O) groups is 1. The minimum atomic E-state index is -0.118. The highest BCUT2D eigenvalue weighted by molar-refractivity contribution is 5.93. The van der Waals surface area contributed by atoms with Crippen LogP contribution in [0.25, 0.3) is 11.3 Å². The average Bonchev–Trinajstić information content (AvgIpc) is 3.13. The van der Waals surface area contributed by atoms with Crippen LogP contribution in [-0.2, 0) is 0 Å². The molecule has 1 aliphatic rings. The van der Waals surface area contributed by atoms with Crippen LogP contribution in [0.1, 0.15) is 42.6 Å². The quantitative estimate of drug-likeness (QED) is 0.796. The van der Waals surface area contributed by atoms with Crippen molar-refractivity contribution in [2.24, 2.45) is 0 Å². The fourth-order valence-corrected chi connectivity index (χ4v) is 2.93. The Kier molecular flexibility index (Phi) is 5.31. The Bertz CT molecular complexity index is 734. The van der Waals surface area contributed by atoms with Crippen molar-refractivity contribution in [3.05, 3.63) is 47.7 Å². The first kappa shape index (κ1) is 16.3. The summed E-state index contributed by atoms with van der Waals surface area (Å²) < 4.78 is 5.22. The number of nitrogens with one attached hydrogen (secondary N) is 2. The van der Waals surface area contributed by atoms with E-state index in [1.165, 1.54) is 31.3 Å². The summed E-state index contributed by atoms with van der Waals surface area (Å²) >= 11 is 0. The molecule has 0 atom stereocenters. The summed E-state index contributed by atoms with van der Waals surface area (Å²) in [5.74, 6) is 0.648. The van der Waals surface area contributed by atoms with Crippen LogP contribution in [0, 0.1) is 0 Å². The van der Waals surface area contributed by atoms with Crippen molar-refractivity contribution in [2.45, 2.75) is 32.1 Å². The zero-order chi connectivity index (χ0) is 16.8. The van der Waals surface area contributed by atoms with Crippen molar-refractivity contribution in [1.29, 1.82) is 0 Å². The van der Waals surface area contributed by atoms with Crippen molar-refractivity contribution >= 4 is 5.91 Å². The molecule has 1 aliphatic carbocycles. The molecule has 0 saturated heterocycles. The van der Waals surface area contributed by atoms with Crippen LogP contribution in [0.2, 0.25) is 0 Å². The van der Waals surface area contributed by atoms with E-state index in [2.05, 4.69) is 21.6 Å². The molecule has 126 valence electrons. The molecule has 0 spiro atoms. The SMILES string of the molecule is COc1cccc(-c2cc(C(=O)NCCC3=CCCCC3)[nH]n2)c1. The van der Waals surface area contributed by atoms with E-state index in [1.54, 1.807) is 13.2 Å². The summed E-state index contributed by atoms with van der Waals surface area (Å²) in [6, 6.07) is 9.39. The van der Waals surface area contributed by atoms with E-state index in [0.29, 0.717) is 12.2 Å². The van der Waals surface area contributed by atoms with E-state index in [4.69, 9.17) is 4.74 Å². The van der Waals surface area contributed by atoms with Gasteiger partial charge in [0, 0.05) is 12.1 Å². The molecule has 0 aliphatic heterocycles. The first-order valence-electron chi connectivity index (χ1n) is 8.42. The van der Waals surface area contributed by atoms with Gasteiger partial charge in [0.25, 0.3) is 5.91 Å².